The number of fused-ring (bicyclic) bond motifs is 1. The third-order valence-electron chi connectivity index (χ3n) is 2.03. The first-order valence-electron chi connectivity index (χ1n) is 4.22. The van der Waals surface area contributed by atoms with Crippen molar-refractivity contribution in [2.75, 3.05) is 6.26 Å². The summed E-state index contributed by atoms with van der Waals surface area (Å²) in [5, 5.41) is 8.99. The monoisotopic (exact) mass is 255 g/mol. The Morgan fingerprint density at radius 3 is 2.81 bits per heavy atom. The number of halogens is 1. The van der Waals surface area contributed by atoms with Crippen molar-refractivity contribution in [2.45, 2.75) is 5.03 Å². The number of sulfone groups is 1. The Hall–Kier alpha value is -1.58. The molecule has 0 fully saturated rings. The van der Waals surface area contributed by atoms with Gasteiger partial charge in [-0.1, -0.05) is 11.6 Å². The van der Waals surface area contributed by atoms with Crippen molar-refractivity contribution >= 4 is 27.1 Å². The third-order valence-corrected chi connectivity index (χ3v) is 3.31. The van der Waals surface area contributed by atoms with Crippen LogP contribution in [0, 0.1) is 11.3 Å². The van der Waals surface area contributed by atoms with E-state index in [1.165, 1.54) is 4.40 Å². The van der Waals surface area contributed by atoms with E-state index in [-0.39, 0.29) is 16.4 Å². The minimum absolute atomic E-state index is 0.0278. The molecule has 5 nitrogen and oxygen atoms in total. The first-order chi connectivity index (χ1) is 7.45. The quantitative estimate of drug-likeness (QED) is 0.769. The second-order valence-electron chi connectivity index (χ2n) is 3.20. The molecule has 2 aromatic heterocycles. The lowest BCUT2D eigenvalue weighted by Crippen LogP contribution is -2.00. The Morgan fingerprint density at radius 2 is 2.25 bits per heavy atom. The number of aromatic nitrogens is 2. The molecule has 16 heavy (non-hydrogen) atoms. The maximum absolute atomic E-state index is 11.4. The summed E-state index contributed by atoms with van der Waals surface area (Å²) in [6.45, 7) is 0. The van der Waals surface area contributed by atoms with E-state index in [9.17, 15) is 8.42 Å². The standard InChI is InChI=1S/C9H6ClN3O2S/c1-16(14,15)9-7(5-11)13-4-2-3-6(10)8(13)12-9/h2-4H,1H3. The molecule has 0 aliphatic heterocycles. The van der Waals surface area contributed by atoms with E-state index >= 15 is 0 Å². The summed E-state index contributed by atoms with van der Waals surface area (Å²) in [7, 11) is -3.54. The van der Waals surface area contributed by atoms with Crippen molar-refractivity contribution in [2.24, 2.45) is 0 Å². The van der Waals surface area contributed by atoms with Crippen molar-refractivity contribution in [3.05, 3.63) is 29.0 Å². The van der Waals surface area contributed by atoms with Gasteiger partial charge in [0.05, 0.1) is 5.02 Å². The molecular formula is C9H6ClN3O2S. The molecule has 2 heterocycles. The van der Waals surface area contributed by atoms with Crippen LogP contribution >= 0.6 is 11.6 Å². The van der Waals surface area contributed by atoms with Crippen LogP contribution in [0.2, 0.25) is 5.02 Å². The van der Waals surface area contributed by atoms with Gasteiger partial charge in [0.15, 0.2) is 26.2 Å². The molecule has 0 atom stereocenters. The van der Waals surface area contributed by atoms with Crippen LogP contribution in [0.1, 0.15) is 5.69 Å². The van der Waals surface area contributed by atoms with Gasteiger partial charge in [-0.05, 0) is 12.1 Å². The van der Waals surface area contributed by atoms with Crippen molar-refractivity contribution < 1.29 is 8.42 Å². The highest BCUT2D eigenvalue weighted by Crippen LogP contribution is 2.22. The fourth-order valence-corrected chi connectivity index (χ4v) is 2.33. The molecule has 2 rings (SSSR count). The van der Waals surface area contributed by atoms with Crippen molar-refractivity contribution in [3.8, 4) is 6.07 Å². The lowest BCUT2D eigenvalue weighted by molar-refractivity contribution is 0.598. The molecular weight excluding hydrogens is 250 g/mol. The van der Waals surface area contributed by atoms with Gasteiger partial charge in [-0.15, -0.1) is 0 Å². The van der Waals surface area contributed by atoms with Crippen molar-refractivity contribution in [3.63, 3.8) is 0 Å². The summed E-state index contributed by atoms with van der Waals surface area (Å²) >= 11 is 5.86. The van der Waals surface area contributed by atoms with Crippen LogP contribution in [-0.4, -0.2) is 24.1 Å². The highest BCUT2D eigenvalue weighted by atomic mass is 35.5. The number of nitriles is 1. The van der Waals surface area contributed by atoms with Crippen LogP contribution in [0.15, 0.2) is 23.4 Å². The maximum atomic E-state index is 11.4. The van der Waals surface area contributed by atoms with Crippen molar-refractivity contribution in [1.29, 1.82) is 5.26 Å². The predicted molar refractivity (Wildman–Crippen MR) is 58.0 cm³/mol. The van der Waals surface area contributed by atoms with Crippen LogP contribution in [0.5, 0.6) is 0 Å². The Labute approximate surface area is 96.8 Å². The summed E-state index contributed by atoms with van der Waals surface area (Å²) < 4.78 is 24.2. The van der Waals surface area contributed by atoms with E-state index in [2.05, 4.69) is 4.98 Å². The van der Waals surface area contributed by atoms with Crippen LogP contribution < -0.4 is 0 Å². The van der Waals surface area contributed by atoms with Gasteiger partial charge in [-0.3, -0.25) is 4.40 Å². The molecule has 82 valence electrons. The largest absolute Gasteiger partial charge is 0.289 e. The fourth-order valence-electron chi connectivity index (χ4n) is 1.37. The van der Waals surface area contributed by atoms with Gasteiger partial charge in [0.1, 0.15) is 6.07 Å². The summed E-state index contributed by atoms with van der Waals surface area (Å²) in [5.41, 5.74) is 0.237. The molecule has 0 aliphatic rings. The molecule has 0 radical (unpaired) electrons. The van der Waals surface area contributed by atoms with Gasteiger partial charge in [0.25, 0.3) is 0 Å². The fraction of sp³-hybridized carbons (Fsp3) is 0.111. The van der Waals surface area contributed by atoms with E-state index in [4.69, 9.17) is 16.9 Å². The number of hydrogen-bond acceptors (Lipinski definition) is 4. The predicted octanol–water partition coefficient (Wildman–Crippen LogP) is 1.26. The zero-order valence-electron chi connectivity index (χ0n) is 8.18. The number of rotatable bonds is 1. The lowest BCUT2D eigenvalue weighted by atomic mass is 10.4. The summed E-state index contributed by atoms with van der Waals surface area (Å²) in [6, 6.07) is 5.01. The van der Waals surface area contributed by atoms with Gasteiger partial charge < -0.3 is 0 Å². The zero-order valence-corrected chi connectivity index (χ0v) is 9.75. The van der Waals surface area contributed by atoms with E-state index in [0.29, 0.717) is 5.02 Å². The number of nitrogens with zero attached hydrogens (tertiary/aromatic N) is 3. The molecule has 7 heteroatoms. The first-order valence-corrected chi connectivity index (χ1v) is 6.49. The lowest BCUT2D eigenvalue weighted by Gasteiger charge is -1.94. The highest BCUT2D eigenvalue weighted by molar-refractivity contribution is 7.90. The van der Waals surface area contributed by atoms with E-state index in [1.54, 1.807) is 18.3 Å². The second kappa shape index (κ2) is 3.47. The minimum atomic E-state index is -3.54. The molecule has 0 unspecified atom stereocenters. The first kappa shape index (κ1) is 10.9. The Morgan fingerprint density at radius 1 is 1.56 bits per heavy atom. The average molecular weight is 256 g/mol. The van der Waals surface area contributed by atoms with Crippen LogP contribution in [0.4, 0.5) is 0 Å². The Balaban J connectivity index is 3.00. The van der Waals surface area contributed by atoms with Gasteiger partial charge in [0.2, 0.25) is 0 Å². The summed E-state index contributed by atoms with van der Waals surface area (Å²) in [4.78, 5) is 3.87. The molecule has 0 aliphatic carbocycles. The van der Waals surface area contributed by atoms with Crippen LogP contribution in [0.25, 0.3) is 5.65 Å². The summed E-state index contributed by atoms with van der Waals surface area (Å²) in [6.07, 6.45) is 2.55. The molecule has 0 bridgehead atoms. The molecule has 0 amide bonds. The molecule has 0 aromatic carbocycles. The number of imidazole rings is 1. The normalized spacial score (nSPS) is 11.6. The Bertz CT molecular complexity index is 712. The van der Waals surface area contributed by atoms with Crippen molar-refractivity contribution in [1.82, 2.24) is 9.38 Å². The maximum Gasteiger partial charge on any atom is 0.195 e. The third kappa shape index (κ3) is 1.54. The highest BCUT2D eigenvalue weighted by Gasteiger charge is 2.21. The second-order valence-corrected chi connectivity index (χ2v) is 5.54. The molecule has 2 aromatic rings. The SMILES string of the molecule is CS(=O)(=O)c1nc2c(Cl)cccn2c1C#N. The number of hydrogen-bond donors (Lipinski definition) is 0. The smallest absolute Gasteiger partial charge is 0.195 e. The van der Waals surface area contributed by atoms with Gasteiger partial charge in [-0.2, -0.15) is 5.26 Å². The van der Waals surface area contributed by atoms with Gasteiger partial charge in [0, 0.05) is 12.5 Å². The van der Waals surface area contributed by atoms with E-state index in [0.717, 1.165) is 6.26 Å². The van der Waals surface area contributed by atoms with Gasteiger partial charge >= 0.3 is 0 Å². The van der Waals surface area contributed by atoms with Gasteiger partial charge in [-0.25, -0.2) is 13.4 Å². The summed E-state index contributed by atoms with van der Waals surface area (Å²) in [5.74, 6) is 0. The number of pyridine rings is 1. The minimum Gasteiger partial charge on any atom is -0.289 e. The van der Waals surface area contributed by atoms with Crippen LogP contribution in [-0.2, 0) is 9.84 Å². The van der Waals surface area contributed by atoms with Crippen LogP contribution in [0.3, 0.4) is 0 Å². The zero-order chi connectivity index (χ0) is 11.9. The molecule has 0 N–H and O–H groups in total. The van der Waals surface area contributed by atoms with E-state index in [1.807, 2.05) is 6.07 Å². The average Bonchev–Trinajstić information content (AvgIpc) is 2.57. The molecule has 0 spiro atoms. The molecule has 0 saturated carbocycles. The van der Waals surface area contributed by atoms with E-state index < -0.39 is 9.84 Å². The topological polar surface area (TPSA) is 75.2 Å². The Kier molecular flexibility index (Phi) is 2.37. The molecule has 0 saturated heterocycles.